The van der Waals surface area contributed by atoms with Crippen LogP contribution in [0.3, 0.4) is 0 Å². The molecule has 1 aliphatic rings. The second kappa shape index (κ2) is 9.32. The average Bonchev–Trinajstić information content (AvgIpc) is 3.44. The Balaban J connectivity index is 1.30. The fourth-order valence-electron chi connectivity index (χ4n) is 3.87. The van der Waals surface area contributed by atoms with Crippen molar-refractivity contribution in [2.24, 2.45) is 0 Å². The molecule has 5 heterocycles. The van der Waals surface area contributed by atoms with E-state index in [9.17, 15) is 4.79 Å². The first-order valence-corrected chi connectivity index (χ1v) is 13.0. The minimum absolute atomic E-state index is 0.0188. The number of amides is 1. The number of nitrogens with zero attached hydrogens (tertiary/aromatic N) is 3. The van der Waals surface area contributed by atoms with Gasteiger partial charge < -0.3 is 16.0 Å². The number of rotatable bonds is 7. The lowest BCUT2D eigenvalue weighted by Crippen LogP contribution is -2.22. The van der Waals surface area contributed by atoms with Crippen molar-refractivity contribution in [3.63, 3.8) is 0 Å². The third kappa shape index (κ3) is 4.46. The van der Waals surface area contributed by atoms with Crippen molar-refractivity contribution >= 4 is 55.1 Å². The van der Waals surface area contributed by atoms with Gasteiger partial charge in [0.1, 0.15) is 15.5 Å². The lowest BCUT2D eigenvalue weighted by atomic mass is 10.0. The van der Waals surface area contributed by atoms with Crippen LogP contribution in [-0.4, -0.2) is 33.9 Å². The summed E-state index contributed by atoms with van der Waals surface area (Å²) in [6.45, 7) is 7.19. The van der Waals surface area contributed by atoms with E-state index in [1.807, 2.05) is 19.9 Å². The van der Waals surface area contributed by atoms with Crippen molar-refractivity contribution in [2.45, 2.75) is 39.8 Å². The van der Waals surface area contributed by atoms with Crippen LogP contribution in [-0.2, 0) is 24.3 Å². The van der Waals surface area contributed by atoms with Gasteiger partial charge in [-0.05, 0) is 38.4 Å². The normalized spacial score (nSPS) is 13.4. The highest BCUT2D eigenvalue weighted by molar-refractivity contribution is 7.23. The maximum Gasteiger partial charge on any atom is 0.226 e. The first-order chi connectivity index (χ1) is 15.6. The van der Waals surface area contributed by atoms with Crippen LogP contribution in [0.25, 0.3) is 20.8 Å². The molecule has 4 aromatic heterocycles. The molecule has 0 radical (unpaired) electrons. The zero-order valence-corrected chi connectivity index (χ0v) is 20.4. The minimum Gasteiger partial charge on any atom is -0.317 e. The molecule has 10 heteroatoms. The van der Waals surface area contributed by atoms with Gasteiger partial charge in [-0.15, -0.1) is 34.0 Å². The molecule has 3 N–H and O–H groups in total. The minimum atomic E-state index is 0.0188. The number of carbonyl (C=O) groups excluding carboxylic acids is 1. The second-order valence-corrected chi connectivity index (χ2v) is 11.1. The third-order valence-corrected chi connectivity index (χ3v) is 8.67. The van der Waals surface area contributed by atoms with E-state index < -0.39 is 0 Å². The SMILES string of the molecule is Cc1nc(C)c(CNCCC(=O)Nc2sc3c(c2-c2nc4cnccc4s2)CCNC3)s1. The Labute approximate surface area is 198 Å². The molecule has 1 aliphatic heterocycles. The smallest absolute Gasteiger partial charge is 0.226 e. The molecular weight excluding hydrogens is 460 g/mol. The van der Waals surface area contributed by atoms with Gasteiger partial charge in [-0.3, -0.25) is 9.78 Å². The first kappa shape index (κ1) is 21.6. The topological polar surface area (TPSA) is 91.8 Å². The van der Waals surface area contributed by atoms with E-state index in [-0.39, 0.29) is 5.91 Å². The van der Waals surface area contributed by atoms with Crippen LogP contribution in [0.15, 0.2) is 18.5 Å². The fraction of sp³-hybridized carbons (Fsp3) is 0.364. The largest absolute Gasteiger partial charge is 0.317 e. The number of nitrogens with one attached hydrogen (secondary N) is 3. The fourth-order valence-corrected chi connectivity index (χ4v) is 7.08. The lowest BCUT2D eigenvalue weighted by Gasteiger charge is -2.13. The van der Waals surface area contributed by atoms with Crippen LogP contribution in [0.5, 0.6) is 0 Å². The number of thiophene rings is 1. The Morgan fingerprint density at radius 1 is 1.22 bits per heavy atom. The van der Waals surface area contributed by atoms with Crippen molar-refractivity contribution < 1.29 is 4.79 Å². The van der Waals surface area contributed by atoms with E-state index in [1.54, 1.807) is 46.4 Å². The van der Waals surface area contributed by atoms with Crippen LogP contribution in [0.4, 0.5) is 5.00 Å². The van der Waals surface area contributed by atoms with Crippen LogP contribution in [0.2, 0.25) is 0 Å². The van der Waals surface area contributed by atoms with Gasteiger partial charge in [0.15, 0.2) is 0 Å². The van der Waals surface area contributed by atoms with Crippen molar-refractivity contribution in [2.75, 3.05) is 18.4 Å². The summed E-state index contributed by atoms with van der Waals surface area (Å²) in [5, 5.41) is 12.9. The Morgan fingerprint density at radius 2 is 2.12 bits per heavy atom. The summed E-state index contributed by atoms with van der Waals surface area (Å²) in [7, 11) is 0. The quantitative estimate of drug-likeness (QED) is 0.340. The van der Waals surface area contributed by atoms with E-state index in [4.69, 9.17) is 4.98 Å². The average molecular weight is 485 g/mol. The van der Waals surface area contributed by atoms with Crippen LogP contribution in [0.1, 0.15) is 32.4 Å². The number of hydrogen-bond acceptors (Lipinski definition) is 9. The van der Waals surface area contributed by atoms with E-state index in [0.717, 1.165) is 62.5 Å². The van der Waals surface area contributed by atoms with Gasteiger partial charge in [0.2, 0.25) is 5.91 Å². The van der Waals surface area contributed by atoms with Gasteiger partial charge in [-0.2, -0.15) is 0 Å². The Hall–Kier alpha value is -2.24. The summed E-state index contributed by atoms with van der Waals surface area (Å²) >= 11 is 5.03. The zero-order valence-electron chi connectivity index (χ0n) is 17.9. The summed E-state index contributed by atoms with van der Waals surface area (Å²) in [5.74, 6) is 0.0188. The maximum absolute atomic E-state index is 12.8. The summed E-state index contributed by atoms with van der Waals surface area (Å²) < 4.78 is 1.11. The molecule has 0 fully saturated rings. The molecule has 166 valence electrons. The molecular formula is C22H24N6OS3. The zero-order chi connectivity index (χ0) is 22.1. The molecule has 5 rings (SSSR count). The predicted molar refractivity (Wildman–Crippen MR) is 133 cm³/mol. The van der Waals surface area contributed by atoms with Gasteiger partial charge in [0.05, 0.1) is 21.6 Å². The number of anilines is 1. The number of aromatic nitrogens is 3. The summed E-state index contributed by atoms with van der Waals surface area (Å²) in [5.41, 5.74) is 4.37. The number of carbonyl (C=O) groups is 1. The molecule has 0 aromatic carbocycles. The molecule has 0 aliphatic carbocycles. The highest BCUT2D eigenvalue weighted by atomic mass is 32.1. The van der Waals surface area contributed by atoms with E-state index in [1.165, 1.54) is 15.3 Å². The Kier molecular flexibility index (Phi) is 6.29. The molecule has 1 amide bonds. The van der Waals surface area contributed by atoms with E-state index >= 15 is 0 Å². The second-order valence-electron chi connectivity index (χ2n) is 7.71. The summed E-state index contributed by atoms with van der Waals surface area (Å²) in [6.07, 6.45) is 4.95. The summed E-state index contributed by atoms with van der Waals surface area (Å²) in [6, 6.07) is 1.99. The standard InChI is InChI=1S/C22H24N6OS3/c1-12-17(30-13(2)26-12)10-25-8-5-19(29)28-22-20(14-3-6-24-11-18(14)32-22)21-27-15-9-23-7-4-16(15)31-21/h4,7,9,24-25H,3,5-6,8,10-11H2,1-2H3,(H,28,29). The van der Waals surface area contributed by atoms with Gasteiger partial charge in [0, 0.05) is 47.6 Å². The molecule has 0 atom stereocenters. The Bertz CT molecular complexity index is 1240. The summed E-state index contributed by atoms with van der Waals surface area (Å²) in [4.78, 5) is 28.8. The van der Waals surface area contributed by atoms with Gasteiger partial charge in [-0.25, -0.2) is 9.97 Å². The van der Waals surface area contributed by atoms with Crippen LogP contribution < -0.4 is 16.0 Å². The van der Waals surface area contributed by atoms with Crippen molar-refractivity contribution in [1.82, 2.24) is 25.6 Å². The molecule has 7 nitrogen and oxygen atoms in total. The van der Waals surface area contributed by atoms with Crippen molar-refractivity contribution in [3.05, 3.63) is 44.5 Å². The van der Waals surface area contributed by atoms with Gasteiger partial charge in [0.25, 0.3) is 0 Å². The monoisotopic (exact) mass is 484 g/mol. The number of hydrogen-bond donors (Lipinski definition) is 3. The van der Waals surface area contributed by atoms with Crippen molar-refractivity contribution in [1.29, 1.82) is 0 Å². The molecule has 0 bridgehead atoms. The number of fused-ring (bicyclic) bond motifs is 2. The Morgan fingerprint density at radius 3 is 2.94 bits per heavy atom. The van der Waals surface area contributed by atoms with Gasteiger partial charge in [-0.1, -0.05) is 0 Å². The number of thiazole rings is 2. The molecule has 0 spiro atoms. The maximum atomic E-state index is 12.8. The number of pyridine rings is 1. The molecule has 0 unspecified atom stereocenters. The van der Waals surface area contributed by atoms with Crippen LogP contribution in [0, 0.1) is 13.8 Å². The highest BCUT2D eigenvalue weighted by Crippen LogP contribution is 2.44. The first-order valence-electron chi connectivity index (χ1n) is 10.6. The highest BCUT2D eigenvalue weighted by Gasteiger charge is 2.25. The predicted octanol–water partition coefficient (Wildman–Crippen LogP) is 4.26. The molecule has 0 saturated carbocycles. The molecule has 4 aromatic rings. The molecule has 32 heavy (non-hydrogen) atoms. The molecule has 0 saturated heterocycles. The van der Waals surface area contributed by atoms with E-state index in [2.05, 4.69) is 25.9 Å². The van der Waals surface area contributed by atoms with Gasteiger partial charge >= 0.3 is 0 Å². The van der Waals surface area contributed by atoms with Crippen molar-refractivity contribution in [3.8, 4) is 10.6 Å². The lowest BCUT2D eigenvalue weighted by molar-refractivity contribution is -0.116. The third-order valence-electron chi connectivity index (χ3n) is 5.40. The number of aryl methyl sites for hydroxylation is 2. The van der Waals surface area contributed by atoms with E-state index in [0.29, 0.717) is 13.0 Å². The van der Waals surface area contributed by atoms with Crippen LogP contribution >= 0.6 is 34.0 Å².